The largest absolute Gasteiger partial charge is 0.115 e. The van der Waals surface area contributed by atoms with Crippen molar-refractivity contribution >= 4 is 0 Å². The summed E-state index contributed by atoms with van der Waals surface area (Å²) in [6.07, 6.45) is 7.43. The van der Waals surface area contributed by atoms with Crippen molar-refractivity contribution in [1.82, 2.24) is 0 Å². The van der Waals surface area contributed by atoms with Crippen LogP contribution in [0.15, 0.2) is 24.8 Å². The van der Waals surface area contributed by atoms with Crippen LogP contribution < -0.4 is 0 Å². The highest BCUT2D eigenvalue weighted by atomic mass is 13.8. The van der Waals surface area contributed by atoms with Gasteiger partial charge in [0.2, 0.25) is 0 Å². The van der Waals surface area contributed by atoms with Gasteiger partial charge in [0.05, 0.1) is 0 Å². The molecule has 0 aliphatic heterocycles. The van der Waals surface area contributed by atoms with Gasteiger partial charge < -0.3 is 0 Å². The molecule has 0 aromatic rings. The van der Waals surface area contributed by atoms with Crippen molar-refractivity contribution in [2.24, 2.45) is 0 Å². The number of hydrogen-bond donors (Lipinski definition) is 0. The molecule has 0 saturated carbocycles. The number of terminal acetylenes is 1. The number of allylic oxidation sites excluding steroid dienone is 2. The number of hydrogen-bond acceptors (Lipinski definition) is 0. The van der Waals surface area contributed by atoms with Gasteiger partial charge in [-0.2, -0.15) is 0 Å². The van der Waals surface area contributed by atoms with E-state index in [1.165, 1.54) is 0 Å². The summed E-state index contributed by atoms with van der Waals surface area (Å²) >= 11 is 0. The molecule has 0 amide bonds. The zero-order chi connectivity index (χ0) is 5.70. The first-order chi connectivity index (χ1) is 3.31. The van der Waals surface area contributed by atoms with Crippen LogP contribution in [0.3, 0.4) is 0 Å². The molecule has 0 nitrogen and oxygen atoms in total. The van der Waals surface area contributed by atoms with Gasteiger partial charge in [-0.3, -0.25) is 0 Å². The molecule has 7 heavy (non-hydrogen) atoms. The average Bonchev–Trinajstić information content (AvgIpc) is 1.68. The molecule has 0 aromatic carbocycles. The minimum absolute atomic E-state index is 0.733. The Kier molecular flexibility index (Phi) is 2.79. The monoisotopic (exact) mass is 92.1 g/mol. The van der Waals surface area contributed by atoms with Crippen molar-refractivity contribution in [1.29, 1.82) is 0 Å². The van der Waals surface area contributed by atoms with Crippen molar-refractivity contribution in [3.8, 4) is 12.3 Å². The molecule has 0 atom stereocenters. The molecule has 0 heterocycles. The molecule has 0 saturated heterocycles. The van der Waals surface area contributed by atoms with E-state index in [0.29, 0.717) is 0 Å². The molecule has 0 heteroatoms. The maximum atomic E-state index is 4.96. The van der Waals surface area contributed by atoms with E-state index in [2.05, 4.69) is 19.1 Å². The van der Waals surface area contributed by atoms with Crippen LogP contribution in [0.2, 0.25) is 0 Å². The van der Waals surface area contributed by atoms with Gasteiger partial charge in [0, 0.05) is 0 Å². The molecule has 0 aliphatic carbocycles. The third kappa shape index (κ3) is 2.85. The highest BCUT2D eigenvalue weighted by Gasteiger charge is 1.76. The minimum atomic E-state index is 0.733. The molecule has 0 rings (SSSR count). The van der Waals surface area contributed by atoms with Crippen LogP contribution in [0.25, 0.3) is 0 Å². The Hall–Kier alpha value is -0.960. The van der Waals surface area contributed by atoms with Gasteiger partial charge in [-0.25, -0.2) is 0 Å². The second-order valence-corrected chi connectivity index (χ2v) is 1.24. The lowest BCUT2D eigenvalue weighted by atomic mass is 10.2. The van der Waals surface area contributed by atoms with Crippen LogP contribution in [-0.2, 0) is 0 Å². The van der Waals surface area contributed by atoms with E-state index < -0.39 is 0 Å². The highest BCUT2D eigenvalue weighted by molar-refractivity contribution is 5.23. The van der Waals surface area contributed by atoms with Crippen LogP contribution >= 0.6 is 0 Å². The minimum Gasteiger partial charge on any atom is -0.115 e. The van der Waals surface area contributed by atoms with E-state index in [0.717, 1.165) is 12.0 Å². The lowest BCUT2D eigenvalue weighted by Gasteiger charge is -1.82. The summed E-state index contributed by atoms with van der Waals surface area (Å²) in [5.74, 6) is 2.40. The summed E-state index contributed by atoms with van der Waals surface area (Å²) in [5.41, 5.74) is 0.787. The average molecular weight is 92.1 g/mol. The van der Waals surface area contributed by atoms with Gasteiger partial charge >= 0.3 is 0 Å². The molecule has 0 radical (unpaired) electrons. The smallest absolute Gasteiger partial charge is 0.00166 e. The van der Waals surface area contributed by atoms with Crippen molar-refractivity contribution in [2.45, 2.75) is 6.42 Å². The second kappa shape index (κ2) is 3.24. The van der Waals surface area contributed by atoms with E-state index in [9.17, 15) is 0 Å². The zero-order valence-electron chi connectivity index (χ0n) is 4.28. The molecule has 0 bridgehead atoms. The fourth-order valence-corrected chi connectivity index (χ4v) is 0.233. The Balaban J connectivity index is 3.43. The van der Waals surface area contributed by atoms with Crippen LogP contribution in [0.4, 0.5) is 0 Å². The molecule has 0 unspecified atom stereocenters. The zero-order valence-corrected chi connectivity index (χ0v) is 4.28. The molecular formula is C7H8. The fourth-order valence-electron chi connectivity index (χ4n) is 0.233. The quantitative estimate of drug-likeness (QED) is 0.359. The van der Waals surface area contributed by atoms with E-state index in [-0.39, 0.29) is 0 Å². The molecule has 0 aromatic heterocycles. The third-order valence-electron chi connectivity index (χ3n) is 0.595. The molecule has 0 aliphatic rings. The van der Waals surface area contributed by atoms with Gasteiger partial charge in [-0.1, -0.05) is 18.6 Å². The van der Waals surface area contributed by atoms with E-state index in [1.807, 2.05) is 0 Å². The highest BCUT2D eigenvalue weighted by Crippen LogP contribution is 1.92. The SMILES string of the molecule is C#CC(=C)CC=C. The summed E-state index contributed by atoms with van der Waals surface area (Å²) in [7, 11) is 0. The Morgan fingerprint density at radius 2 is 2.43 bits per heavy atom. The van der Waals surface area contributed by atoms with E-state index in [4.69, 9.17) is 6.42 Å². The summed E-state index contributed by atoms with van der Waals surface area (Å²) in [4.78, 5) is 0. The van der Waals surface area contributed by atoms with Gasteiger partial charge in [0.15, 0.2) is 0 Å². The van der Waals surface area contributed by atoms with Crippen molar-refractivity contribution < 1.29 is 0 Å². The van der Waals surface area contributed by atoms with Crippen LogP contribution in [-0.4, -0.2) is 0 Å². The Morgan fingerprint density at radius 3 is 2.57 bits per heavy atom. The van der Waals surface area contributed by atoms with Gasteiger partial charge in [-0.05, 0) is 12.0 Å². The van der Waals surface area contributed by atoms with Crippen molar-refractivity contribution in [3.63, 3.8) is 0 Å². The van der Waals surface area contributed by atoms with Crippen LogP contribution in [0.1, 0.15) is 6.42 Å². The molecule has 0 spiro atoms. The summed E-state index contributed by atoms with van der Waals surface area (Å²) in [6.45, 7) is 7.05. The predicted octanol–water partition coefficient (Wildman–Crippen LogP) is 1.75. The third-order valence-corrected chi connectivity index (χ3v) is 0.595. The molecule has 0 fully saturated rings. The van der Waals surface area contributed by atoms with Gasteiger partial charge in [0.1, 0.15) is 0 Å². The van der Waals surface area contributed by atoms with Crippen LogP contribution in [0.5, 0.6) is 0 Å². The summed E-state index contributed by atoms with van der Waals surface area (Å²) in [5, 5.41) is 0. The lowest BCUT2D eigenvalue weighted by Crippen LogP contribution is -1.66. The first kappa shape index (κ1) is 6.04. The van der Waals surface area contributed by atoms with Crippen molar-refractivity contribution in [3.05, 3.63) is 24.8 Å². The summed E-state index contributed by atoms with van der Waals surface area (Å²) in [6, 6.07) is 0. The van der Waals surface area contributed by atoms with E-state index in [1.54, 1.807) is 6.08 Å². The predicted molar refractivity (Wildman–Crippen MR) is 32.8 cm³/mol. The van der Waals surface area contributed by atoms with Crippen molar-refractivity contribution in [2.75, 3.05) is 0 Å². The Labute approximate surface area is 44.5 Å². The molecule has 36 valence electrons. The van der Waals surface area contributed by atoms with Gasteiger partial charge in [0.25, 0.3) is 0 Å². The second-order valence-electron chi connectivity index (χ2n) is 1.24. The normalized spacial score (nSPS) is 6.71. The standard InChI is InChI=1S/C7H8/c1-4-6-7(3)5-2/h2,4H,1,3,6H2. The number of rotatable bonds is 2. The molecular weight excluding hydrogens is 84.1 g/mol. The van der Waals surface area contributed by atoms with Gasteiger partial charge in [-0.15, -0.1) is 13.0 Å². The Morgan fingerprint density at radius 1 is 1.86 bits per heavy atom. The first-order valence-electron chi connectivity index (χ1n) is 2.06. The lowest BCUT2D eigenvalue weighted by molar-refractivity contribution is 1.34. The van der Waals surface area contributed by atoms with E-state index >= 15 is 0 Å². The van der Waals surface area contributed by atoms with Crippen LogP contribution in [0, 0.1) is 12.3 Å². The summed E-state index contributed by atoms with van der Waals surface area (Å²) < 4.78 is 0. The fraction of sp³-hybridized carbons (Fsp3) is 0.143. The maximum absolute atomic E-state index is 4.96. The topological polar surface area (TPSA) is 0 Å². The Bertz CT molecular complexity index is 112. The first-order valence-corrected chi connectivity index (χ1v) is 2.06. The maximum Gasteiger partial charge on any atom is -0.00166 e. The molecule has 0 N–H and O–H groups in total.